The summed E-state index contributed by atoms with van der Waals surface area (Å²) < 4.78 is 4.72. The minimum atomic E-state index is -1.24. The van der Waals surface area contributed by atoms with Crippen LogP contribution in [-0.2, 0) is 9.53 Å². The van der Waals surface area contributed by atoms with E-state index in [1.54, 1.807) is 6.92 Å². The van der Waals surface area contributed by atoms with Crippen LogP contribution in [0.25, 0.3) is 0 Å². The van der Waals surface area contributed by atoms with E-state index in [9.17, 15) is 9.90 Å². The van der Waals surface area contributed by atoms with Crippen LogP contribution in [-0.4, -0.2) is 23.3 Å². The van der Waals surface area contributed by atoms with Crippen molar-refractivity contribution in [2.75, 3.05) is 6.61 Å². The fraction of sp³-hybridized carbons (Fsp3) is 0.875. The lowest BCUT2D eigenvalue weighted by molar-refractivity contribution is -0.165. The molecule has 1 rings (SSSR count). The molecule has 11 heavy (non-hydrogen) atoms. The van der Waals surface area contributed by atoms with Crippen LogP contribution in [0.15, 0.2) is 0 Å². The second-order valence-electron chi connectivity index (χ2n) is 3.14. The maximum atomic E-state index is 11.1. The highest BCUT2D eigenvalue weighted by Crippen LogP contribution is 2.39. The van der Waals surface area contributed by atoms with Gasteiger partial charge in [0.25, 0.3) is 0 Å². The Balaban J connectivity index is 2.48. The highest BCUT2D eigenvalue weighted by molar-refractivity contribution is 5.79. The van der Waals surface area contributed by atoms with Crippen LogP contribution in [0, 0.1) is 5.92 Å². The van der Waals surface area contributed by atoms with E-state index in [1.165, 1.54) is 6.92 Å². The minimum absolute atomic E-state index is 0.126. The molecule has 1 aliphatic rings. The van der Waals surface area contributed by atoms with Crippen LogP contribution in [0.2, 0.25) is 0 Å². The molecule has 64 valence electrons. The van der Waals surface area contributed by atoms with Gasteiger partial charge in [0.15, 0.2) is 5.60 Å². The largest absolute Gasteiger partial charge is 0.464 e. The number of carbonyl (C=O) groups is 1. The number of rotatable bonds is 3. The summed E-state index contributed by atoms with van der Waals surface area (Å²) in [6.07, 6.45) is 1.87. The lowest BCUT2D eigenvalue weighted by Gasteiger charge is -2.19. The van der Waals surface area contributed by atoms with E-state index in [2.05, 4.69) is 0 Å². The lowest BCUT2D eigenvalue weighted by Crippen LogP contribution is -2.39. The molecule has 0 aromatic carbocycles. The van der Waals surface area contributed by atoms with E-state index in [1.807, 2.05) is 0 Å². The average Bonchev–Trinajstić information content (AvgIpc) is 2.68. The fourth-order valence-electron chi connectivity index (χ4n) is 1.09. The zero-order valence-electron chi connectivity index (χ0n) is 6.96. The van der Waals surface area contributed by atoms with Gasteiger partial charge in [0.2, 0.25) is 0 Å². The molecule has 0 aromatic rings. The first-order valence-electron chi connectivity index (χ1n) is 3.98. The van der Waals surface area contributed by atoms with Gasteiger partial charge in [-0.1, -0.05) is 0 Å². The summed E-state index contributed by atoms with van der Waals surface area (Å²) >= 11 is 0. The Bertz CT molecular complexity index is 159. The van der Waals surface area contributed by atoms with Crippen LogP contribution in [0.4, 0.5) is 0 Å². The van der Waals surface area contributed by atoms with Crippen molar-refractivity contribution in [3.63, 3.8) is 0 Å². The Morgan fingerprint density at radius 2 is 2.27 bits per heavy atom. The third-order valence-corrected chi connectivity index (χ3v) is 2.06. The van der Waals surface area contributed by atoms with Gasteiger partial charge >= 0.3 is 5.97 Å². The second-order valence-corrected chi connectivity index (χ2v) is 3.14. The molecule has 0 bridgehead atoms. The molecule has 1 saturated carbocycles. The molecule has 3 nitrogen and oxygen atoms in total. The highest BCUT2D eigenvalue weighted by Gasteiger charge is 2.46. The Kier molecular flexibility index (Phi) is 2.18. The van der Waals surface area contributed by atoms with Gasteiger partial charge in [0, 0.05) is 0 Å². The minimum Gasteiger partial charge on any atom is -0.464 e. The molecule has 0 aliphatic heterocycles. The molecule has 1 unspecified atom stereocenters. The predicted molar refractivity (Wildman–Crippen MR) is 40.0 cm³/mol. The van der Waals surface area contributed by atoms with Gasteiger partial charge in [0.05, 0.1) is 6.61 Å². The normalized spacial score (nSPS) is 22.5. The molecule has 1 aliphatic carbocycles. The summed E-state index contributed by atoms with van der Waals surface area (Å²) in [7, 11) is 0. The summed E-state index contributed by atoms with van der Waals surface area (Å²) in [5.41, 5.74) is -1.24. The van der Waals surface area contributed by atoms with Gasteiger partial charge in [0.1, 0.15) is 0 Å². The van der Waals surface area contributed by atoms with E-state index in [-0.39, 0.29) is 5.92 Å². The molecule has 0 saturated heterocycles. The van der Waals surface area contributed by atoms with Crippen molar-refractivity contribution in [2.24, 2.45) is 5.92 Å². The van der Waals surface area contributed by atoms with Crippen molar-refractivity contribution in [3.05, 3.63) is 0 Å². The molecular weight excluding hydrogens is 144 g/mol. The fourth-order valence-corrected chi connectivity index (χ4v) is 1.09. The van der Waals surface area contributed by atoms with Gasteiger partial charge < -0.3 is 9.84 Å². The van der Waals surface area contributed by atoms with Crippen LogP contribution in [0.3, 0.4) is 0 Å². The number of carbonyl (C=O) groups excluding carboxylic acids is 1. The van der Waals surface area contributed by atoms with E-state index in [0.717, 1.165) is 12.8 Å². The molecule has 1 N–H and O–H groups in total. The first kappa shape index (κ1) is 8.53. The molecule has 3 heteroatoms. The van der Waals surface area contributed by atoms with Gasteiger partial charge in [-0.2, -0.15) is 0 Å². The molecule has 0 radical (unpaired) electrons. The summed E-state index contributed by atoms with van der Waals surface area (Å²) in [5.74, 6) is -0.357. The Morgan fingerprint density at radius 1 is 1.73 bits per heavy atom. The van der Waals surface area contributed by atoms with Crippen molar-refractivity contribution >= 4 is 5.97 Å². The van der Waals surface area contributed by atoms with Gasteiger partial charge in [-0.25, -0.2) is 4.79 Å². The average molecular weight is 158 g/mol. The maximum absolute atomic E-state index is 11.1. The molecule has 0 heterocycles. The Labute approximate surface area is 66.4 Å². The van der Waals surface area contributed by atoms with Gasteiger partial charge in [-0.05, 0) is 32.6 Å². The van der Waals surface area contributed by atoms with Gasteiger partial charge in [-0.15, -0.1) is 0 Å². The smallest absolute Gasteiger partial charge is 0.338 e. The molecular formula is C8H14O3. The molecule has 0 amide bonds. The molecule has 1 atom stereocenters. The second kappa shape index (κ2) is 2.81. The summed E-state index contributed by atoms with van der Waals surface area (Å²) in [5, 5.41) is 9.58. The van der Waals surface area contributed by atoms with Crippen molar-refractivity contribution < 1.29 is 14.6 Å². The quantitative estimate of drug-likeness (QED) is 0.615. The van der Waals surface area contributed by atoms with E-state index in [0.29, 0.717) is 6.61 Å². The van der Waals surface area contributed by atoms with Crippen LogP contribution in [0.5, 0.6) is 0 Å². The van der Waals surface area contributed by atoms with Crippen molar-refractivity contribution in [2.45, 2.75) is 32.3 Å². The zero-order valence-corrected chi connectivity index (χ0v) is 6.96. The highest BCUT2D eigenvalue weighted by atomic mass is 16.5. The molecule has 1 fully saturated rings. The molecule has 0 spiro atoms. The standard InChI is InChI=1S/C8H14O3/c1-3-11-7(9)8(2,10)6-4-5-6/h6,10H,3-5H2,1-2H3. The Morgan fingerprint density at radius 3 is 2.64 bits per heavy atom. The third kappa shape index (κ3) is 1.71. The zero-order chi connectivity index (χ0) is 8.48. The van der Waals surface area contributed by atoms with Crippen LogP contribution in [0.1, 0.15) is 26.7 Å². The lowest BCUT2D eigenvalue weighted by atomic mass is 10.0. The first-order valence-corrected chi connectivity index (χ1v) is 3.98. The SMILES string of the molecule is CCOC(=O)C(C)(O)C1CC1. The number of ether oxygens (including phenoxy) is 1. The third-order valence-electron chi connectivity index (χ3n) is 2.06. The maximum Gasteiger partial charge on any atom is 0.338 e. The van der Waals surface area contributed by atoms with E-state index in [4.69, 9.17) is 4.74 Å². The van der Waals surface area contributed by atoms with Gasteiger partial charge in [-0.3, -0.25) is 0 Å². The predicted octanol–water partition coefficient (Wildman–Crippen LogP) is 0.710. The number of hydrogen-bond donors (Lipinski definition) is 1. The molecule has 0 aromatic heterocycles. The summed E-state index contributed by atoms with van der Waals surface area (Å²) in [6.45, 7) is 3.60. The van der Waals surface area contributed by atoms with E-state index >= 15 is 0 Å². The van der Waals surface area contributed by atoms with E-state index < -0.39 is 11.6 Å². The van der Waals surface area contributed by atoms with Crippen molar-refractivity contribution in [1.82, 2.24) is 0 Å². The number of hydrogen-bond acceptors (Lipinski definition) is 3. The van der Waals surface area contributed by atoms with Crippen molar-refractivity contribution in [1.29, 1.82) is 0 Å². The number of esters is 1. The van der Waals surface area contributed by atoms with Crippen molar-refractivity contribution in [3.8, 4) is 0 Å². The van der Waals surface area contributed by atoms with Crippen LogP contribution >= 0.6 is 0 Å². The first-order chi connectivity index (χ1) is 5.09. The summed E-state index contributed by atoms with van der Waals surface area (Å²) in [6, 6.07) is 0. The number of aliphatic hydroxyl groups is 1. The Hall–Kier alpha value is -0.570. The summed E-state index contributed by atoms with van der Waals surface area (Å²) in [4.78, 5) is 11.1. The monoisotopic (exact) mass is 158 g/mol. The topological polar surface area (TPSA) is 46.5 Å². The van der Waals surface area contributed by atoms with Crippen LogP contribution < -0.4 is 0 Å².